The van der Waals surface area contributed by atoms with Crippen molar-refractivity contribution >= 4 is 23.0 Å². The molecule has 122 valence electrons. The fourth-order valence-electron chi connectivity index (χ4n) is 2.24. The molecular formula is C16H34BrNO2. The molecule has 0 saturated heterocycles. The molecule has 0 radical (unpaired) electrons. The second kappa shape index (κ2) is 17.0. The summed E-state index contributed by atoms with van der Waals surface area (Å²) in [5.41, 5.74) is 0. The maximum atomic E-state index is 10.3. The molecule has 0 atom stereocenters. The van der Waals surface area contributed by atoms with E-state index in [1.807, 2.05) is 0 Å². The standard InChI is InChI=1S/C16H33NO2.BrH/c1-15(2)12-10-8-6-4-3-5-7-9-11-13-17-14-16(18)19;/h15,17H,3-14H2,1-2H3,(H,18,19);1H. The maximum absolute atomic E-state index is 10.3. The van der Waals surface area contributed by atoms with Crippen LogP contribution in [0, 0.1) is 5.92 Å². The molecule has 0 spiro atoms. The molecule has 0 aliphatic rings. The lowest BCUT2D eigenvalue weighted by Crippen LogP contribution is -2.23. The van der Waals surface area contributed by atoms with Crippen molar-refractivity contribution in [2.45, 2.75) is 78.1 Å². The third kappa shape index (κ3) is 20.2. The Morgan fingerprint density at radius 2 is 1.35 bits per heavy atom. The normalized spacial score (nSPS) is 10.6. The van der Waals surface area contributed by atoms with Gasteiger partial charge in [0, 0.05) is 0 Å². The molecule has 0 unspecified atom stereocenters. The van der Waals surface area contributed by atoms with Crippen LogP contribution in [0.2, 0.25) is 0 Å². The first-order valence-corrected chi connectivity index (χ1v) is 8.05. The lowest BCUT2D eigenvalue weighted by Gasteiger charge is -2.05. The molecular weight excluding hydrogens is 318 g/mol. The molecule has 0 aromatic rings. The van der Waals surface area contributed by atoms with Crippen LogP contribution in [0.5, 0.6) is 0 Å². The van der Waals surface area contributed by atoms with Gasteiger partial charge in [-0.3, -0.25) is 4.79 Å². The van der Waals surface area contributed by atoms with Crippen molar-refractivity contribution in [3.63, 3.8) is 0 Å². The summed E-state index contributed by atoms with van der Waals surface area (Å²) in [5, 5.41) is 11.4. The van der Waals surface area contributed by atoms with Crippen LogP contribution >= 0.6 is 17.0 Å². The van der Waals surface area contributed by atoms with E-state index < -0.39 is 5.97 Å². The van der Waals surface area contributed by atoms with E-state index in [0.29, 0.717) is 0 Å². The van der Waals surface area contributed by atoms with Crippen molar-refractivity contribution in [3.05, 3.63) is 0 Å². The highest BCUT2D eigenvalue weighted by molar-refractivity contribution is 8.93. The smallest absolute Gasteiger partial charge is 0.317 e. The molecule has 0 amide bonds. The minimum atomic E-state index is -0.766. The van der Waals surface area contributed by atoms with Gasteiger partial charge in [0.15, 0.2) is 0 Å². The molecule has 0 heterocycles. The number of hydrogen-bond acceptors (Lipinski definition) is 2. The molecule has 0 fully saturated rings. The predicted octanol–water partition coefficient (Wildman–Crippen LogP) is 4.80. The van der Waals surface area contributed by atoms with Crippen LogP contribution in [0.3, 0.4) is 0 Å². The first-order valence-electron chi connectivity index (χ1n) is 8.05. The quantitative estimate of drug-likeness (QED) is 0.442. The minimum Gasteiger partial charge on any atom is -0.480 e. The van der Waals surface area contributed by atoms with Gasteiger partial charge in [-0.05, 0) is 18.9 Å². The molecule has 3 nitrogen and oxygen atoms in total. The average molecular weight is 352 g/mol. The highest BCUT2D eigenvalue weighted by Gasteiger charge is 1.96. The highest BCUT2D eigenvalue weighted by atomic mass is 79.9. The van der Waals surface area contributed by atoms with E-state index in [1.165, 1.54) is 57.8 Å². The molecule has 0 aliphatic carbocycles. The zero-order valence-corrected chi connectivity index (χ0v) is 15.0. The number of rotatable bonds is 14. The summed E-state index contributed by atoms with van der Waals surface area (Å²) in [6, 6.07) is 0. The van der Waals surface area contributed by atoms with Crippen LogP contribution in [0.4, 0.5) is 0 Å². The molecule has 0 rings (SSSR count). The van der Waals surface area contributed by atoms with Gasteiger partial charge < -0.3 is 10.4 Å². The van der Waals surface area contributed by atoms with Crippen LogP contribution < -0.4 is 5.32 Å². The van der Waals surface area contributed by atoms with E-state index >= 15 is 0 Å². The Balaban J connectivity index is 0. The second-order valence-corrected chi connectivity index (χ2v) is 5.94. The summed E-state index contributed by atoms with van der Waals surface area (Å²) in [6.07, 6.45) is 13.3. The van der Waals surface area contributed by atoms with Crippen LogP contribution in [0.1, 0.15) is 78.1 Å². The Labute approximate surface area is 135 Å². The Bertz CT molecular complexity index is 211. The van der Waals surface area contributed by atoms with Gasteiger partial charge in [0.2, 0.25) is 0 Å². The number of nitrogens with one attached hydrogen (secondary N) is 1. The van der Waals surface area contributed by atoms with Crippen molar-refractivity contribution in [1.29, 1.82) is 0 Å². The van der Waals surface area contributed by atoms with Crippen molar-refractivity contribution in [2.75, 3.05) is 13.1 Å². The van der Waals surface area contributed by atoms with Gasteiger partial charge in [-0.15, -0.1) is 17.0 Å². The number of unbranched alkanes of at least 4 members (excludes halogenated alkanes) is 8. The third-order valence-electron chi connectivity index (χ3n) is 3.41. The summed E-state index contributed by atoms with van der Waals surface area (Å²) < 4.78 is 0. The first kappa shape index (κ1) is 22.2. The number of halogens is 1. The zero-order chi connectivity index (χ0) is 14.3. The number of hydrogen-bond donors (Lipinski definition) is 2. The van der Waals surface area contributed by atoms with Gasteiger partial charge in [-0.2, -0.15) is 0 Å². The van der Waals surface area contributed by atoms with E-state index in [1.54, 1.807) is 0 Å². The van der Waals surface area contributed by atoms with Crippen LogP contribution in [-0.2, 0) is 4.79 Å². The monoisotopic (exact) mass is 351 g/mol. The van der Waals surface area contributed by atoms with E-state index in [9.17, 15) is 4.79 Å². The Morgan fingerprint density at radius 3 is 1.80 bits per heavy atom. The fourth-order valence-corrected chi connectivity index (χ4v) is 2.24. The lowest BCUT2D eigenvalue weighted by atomic mass is 10.0. The highest BCUT2D eigenvalue weighted by Crippen LogP contribution is 2.12. The summed E-state index contributed by atoms with van der Waals surface area (Å²) in [5.74, 6) is 0.0900. The molecule has 4 heteroatoms. The molecule has 0 aromatic heterocycles. The second-order valence-electron chi connectivity index (χ2n) is 5.94. The van der Waals surface area contributed by atoms with Crippen molar-refractivity contribution < 1.29 is 9.90 Å². The van der Waals surface area contributed by atoms with Crippen LogP contribution in [-0.4, -0.2) is 24.2 Å². The van der Waals surface area contributed by atoms with E-state index in [4.69, 9.17) is 5.11 Å². The average Bonchev–Trinajstić information content (AvgIpc) is 2.34. The summed E-state index contributed by atoms with van der Waals surface area (Å²) in [4.78, 5) is 10.3. The Morgan fingerprint density at radius 1 is 0.900 bits per heavy atom. The van der Waals surface area contributed by atoms with Crippen molar-refractivity contribution in [1.82, 2.24) is 5.32 Å². The van der Waals surface area contributed by atoms with Gasteiger partial charge in [0.05, 0.1) is 6.54 Å². The van der Waals surface area contributed by atoms with Gasteiger partial charge in [-0.1, -0.05) is 71.6 Å². The Hall–Kier alpha value is -0.0900. The summed E-state index contributed by atoms with van der Waals surface area (Å²) in [6.45, 7) is 5.52. The largest absolute Gasteiger partial charge is 0.480 e. The van der Waals surface area contributed by atoms with E-state index in [-0.39, 0.29) is 23.5 Å². The topological polar surface area (TPSA) is 49.3 Å². The van der Waals surface area contributed by atoms with Gasteiger partial charge in [0.25, 0.3) is 0 Å². The minimum absolute atomic E-state index is 0. The SMILES string of the molecule is Br.CC(C)CCCCCCCCCCCNCC(=O)O. The van der Waals surface area contributed by atoms with Gasteiger partial charge in [-0.25, -0.2) is 0 Å². The van der Waals surface area contributed by atoms with Crippen LogP contribution in [0.25, 0.3) is 0 Å². The molecule has 0 bridgehead atoms. The molecule has 2 N–H and O–H groups in total. The van der Waals surface area contributed by atoms with Crippen molar-refractivity contribution in [2.24, 2.45) is 5.92 Å². The van der Waals surface area contributed by atoms with E-state index in [2.05, 4.69) is 19.2 Å². The molecule has 20 heavy (non-hydrogen) atoms. The summed E-state index contributed by atoms with van der Waals surface area (Å²) >= 11 is 0. The molecule has 0 aliphatic heterocycles. The van der Waals surface area contributed by atoms with E-state index in [0.717, 1.165) is 18.9 Å². The zero-order valence-electron chi connectivity index (χ0n) is 13.3. The fraction of sp³-hybridized carbons (Fsp3) is 0.938. The number of aliphatic carboxylic acids is 1. The number of carboxylic acids is 1. The Kier molecular flexibility index (Phi) is 18.8. The maximum Gasteiger partial charge on any atom is 0.317 e. The van der Waals surface area contributed by atoms with Gasteiger partial charge in [0.1, 0.15) is 0 Å². The van der Waals surface area contributed by atoms with Gasteiger partial charge >= 0.3 is 5.97 Å². The number of carbonyl (C=O) groups is 1. The summed E-state index contributed by atoms with van der Waals surface area (Å²) in [7, 11) is 0. The van der Waals surface area contributed by atoms with Crippen molar-refractivity contribution in [3.8, 4) is 0 Å². The third-order valence-corrected chi connectivity index (χ3v) is 3.41. The molecule has 0 saturated carbocycles. The molecule has 0 aromatic carbocycles. The number of carboxylic acid groups (broad SMARTS) is 1. The lowest BCUT2D eigenvalue weighted by molar-refractivity contribution is -0.135. The predicted molar refractivity (Wildman–Crippen MR) is 91.8 cm³/mol. The van der Waals surface area contributed by atoms with Crippen LogP contribution in [0.15, 0.2) is 0 Å². The first-order chi connectivity index (χ1) is 9.13.